The largest absolute Gasteiger partial charge is 0.309 e. The van der Waals surface area contributed by atoms with Crippen LogP contribution in [0.15, 0.2) is 224 Å². The van der Waals surface area contributed by atoms with Crippen LogP contribution in [0.1, 0.15) is 0 Å². The van der Waals surface area contributed by atoms with Gasteiger partial charge in [-0.15, -0.1) is 0 Å². The molecule has 10 aromatic rings. The van der Waals surface area contributed by atoms with Crippen LogP contribution in [0.4, 0.5) is 17.1 Å². The summed E-state index contributed by atoms with van der Waals surface area (Å²) in [5.41, 5.74) is 18.4. The molecule has 0 aromatic heterocycles. The highest BCUT2D eigenvalue weighted by Crippen LogP contribution is 2.64. The lowest BCUT2D eigenvalue weighted by molar-refractivity contribution is 1.29. The highest BCUT2D eigenvalue weighted by atomic mass is 15.1. The number of hydrogen-bond donors (Lipinski definition) is 0. The zero-order chi connectivity index (χ0) is 37.7. The topological polar surface area (TPSA) is 3.24 Å². The first-order valence-electron chi connectivity index (χ1n) is 19.7. The average Bonchev–Trinajstić information content (AvgIpc) is 3.29. The molecule has 1 nitrogen and oxygen atoms in total. The van der Waals surface area contributed by atoms with Gasteiger partial charge in [-0.2, -0.15) is 0 Å². The van der Waals surface area contributed by atoms with Crippen LogP contribution in [-0.4, -0.2) is 0 Å². The predicted molar refractivity (Wildman–Crippen MR) is 242 cm³/mol. The fourth-order valence-electron chi connectivity index (χ4n) is 8.99. The molecule has 266 valence electrons. The zero-order valence-electron chi connectivity index (χ0n) is 31.3. The number of benzene rings is 10. The second kappa shape index (κ2) is 13.7. The van der Waals surface area contributed by atoms with E-state index < -0.39 is 0 Å². The minimum Gasteiger partial charge on any atom is -0.309 e. The molecular formula is C56H37N. The summed E-state index contributed by atoms with van der Waals surface area (Å²) >= 11 is 0. The van der Waals surface area contributed by atoms with Gasteiger partial charge in [-0.05, 0) is 102 Å². The van der Waals surface area contributed by atoms with Crippen molar-refractivity contribution < 1.29 is 0 Å². The minimum absolute atomic E-state index is 1.11. The molecule has 0 bridgehead atoms. The Hall–Kier alpha value is -7.48. The van der Waals surface area contributed by atoms with Crippen molar-refractivity contribution in [3.05, 3.63) is 224 Å². The minimum atomic E-state index is 1.11. The second-order valence-corrected chi connectivity index (χ2v) is 14.8. The van der Waals surface area contributed by atoms with Crippen LogP contribution < -0.4 is 4.90 Å². The van der Waals surface area contributed by atoms with E-state index in [9.17, 15) is 0 Å². The lowest BCUT2D eigenvalue weighted by atomic mass is 9.69. The molecule has 0 amide bonds. The molecule has 0 unspecified atom stereocenters. The van der Waals surface area contributed by atoms with E-state index >= 15 is 0 Å². The number of anilines is 3. The molecule has 1 heteroatoms. The van der Waals surface area contributed by atoms with E-state index in [1.165, 1.54) is 94.0 Å². The molecule has 10 aromatic carbocycles. The van der Waals surface area contributed by atoms with Crippen molar-refractivity contribution in [1.82, 2.24) is 0 Å². The molecule has 0 heterocycles. The van der Waals surface area contributed by atoms with E-state index in [1.54, 1.807) is 0 Å². The number of fused-ring (bicyclic) bond motifs is 6. The molecule has 1 aliphatic rings. The molecular weight excluding hydrogens is 687 g/mol. The van der Waals surface area contributed by atoms with E-state index in [2.05, 4.69) is 229 Å². The lowest BCUT2D eigenvalue weighted by Gasteiger charge is -2.38. The third-order valence-corrected chi connectivity index (χ3v) is 11.6. The van der Waals surface area contributed by atoms with Gasteiger partial charge in [-0.1, -0.05) is 194 Å². The molecule has 0 spiro atoms. The fraction of sp³-hybridized carbons (Fsp3) is 0. The summed E-state index contributed by atoms with van der Waals surface area (Å²) in [6, 6.07) is 81.8. The maximum Gasteiger partial charge on any atom is 0.0625 e. The van der Waals surface area contributed by atoms with Gasteiger partial charge in [0, 0.05) is 27.9 Å². The summed E-state index contributed by atoms with van der Waals surface area (Å²) in [5, 5.41) is 4.97. The Kier molecular flexibility index (Phi) is 7.89. The molecule has 11 rings (SSSR count). The maximum absolute atomic E-state index is 2.50. The summed E-state index contributed by atoms with van der Waals surface area (Å²) in [4.78, 5) is 2.50. The Labute approximate surface area is 333 Å². The van der Waals surface area contributed by atoms with Gasteiger partial charge in [0.05, 0.1) is 5.69 Å². The van der Waals surface area contributed by atoms with Gasteiger partial charge in [-0.3, -0.25) is 0 Å². The van der Waals surface area contributed by atoms with Gasteiger partial charge in [0.2, 0.25) is 0 Å². The van der Waals surface area contributed by atoms with E-state index in [0.29, 0.717) is 0 Å². The molecule has 0 atom stereocenters. The molecule has 0 fully saturated rings. The molecule has 0 saturated carbocycles. The van der Waals surface area contributed by atoms with E-state index in [4.69, 9.17) is 0 Å². The van der Waals surface area contributed by atoms with Crippen molar-refractivity contribution in [2.75, 3.05) is 4.90 Å². The van der Waals surface area contributed by atoms with Gasteiger partial charge in [0.15, 0.2) is 0 Å². The van der Waals surface area contributed by atoms with Crippen molar-refractivity contribution in [1.29, 1.82) is 0 Å². The Morgan fingerprint density at radius 3 is 1.09 bits per heavy atom. The van der Waals surface area contributed by atoms with Crippen molar-refractivity contribution in [2.24, 2.45) is 0 Å². The van der Waals surface area contributed by atoms with Crippen molar-refractivity contribution in [3.8, 4) is 66.8 Å². The van der Waals surface area contributed by atoms with Crippen LogP contribution >= 0.6 is 0 Å². The van der Waals surface area contributed by atoms with E-state index in [1.807, 2.05) is 0 Å². The van der Waals surface area contributed by atoms with Crippen LogP contribution in [0.25, 0.3) is 88.3 Å². The molecule has 0 aliphatic heterocycles. The van der Waals surface area contributed by atoms with Crippen LogP contribution in [0, 0.1) is 0 Å². The molecule has 0 radical (unpaired) electrons. The smallest absolute Gasteiger partial charge is 0.0625 e. The first-order valence-corrected chi connectivity index (χ1v) is 19.7. The molecule has 0 saturated heterocycles. The van der Waals surface area contributed by atoms with Gasteiger partial charge in [-0.25, -0.2) is 0 Å². The SMILES string of the molecule is c1ccc(-c2ccc(N(c3ccc(-c4ccccc4)cc3)c3c4c(cc5ccccc35)-c3c-4c(-c4ccccc4)c4ccccc4c3-c3ccccc3)cc2)cc1. The highest BCUT2D eigenvalue weighted by molar-refractivity contribution is 6.29. The zero-order valence-corrected chi connectivity index (χ0v) is 31.3. The lowest BCUT2D eigenvalue weighted by Crippen LogP contribution is -2.16. The monoisotopic (exact) mass is 723 g/mol. The summed E-state index contributed by atoms with van der Waals surface area (Å²) < 4.78 is 0. The predicted octanol–water partition coefficient (Wildman–Crippen LogP) is 15.8. The van der Waals surface area contributed by atoms with Gasteiger partial charge in [0.25, 0.3) is 0 Å². The molecule has 0 N–H and O–H groups in total. The summed E-state index contributed by atoms with van der Waals surface area (Å²) in [6.45, 7) is 0. The van der Waals surface area contributed by atoms with Crippen LogP contribution in [0.2, 0.25) is 0 Å². The van der Waals surface area contributed by atoms with Crippen LogP contribution in [-0.2, 0) is 0 Å². The van der Waals surface area contributed by atoms with E-state index in [-0.39, 0.29) is 0 Å². The number of rotatable bonds is 7. The van der Waals surface area contributed by atoms with E-state index in [0.717, 1.165) is 11.4 Å². The third-order valence-electron chi connectivity index (χ3n) is 11.6. The second-order valence-electron chi connectivity index (χ2n) is 14.8. The van der Waals surface area contributed by atoms with Crippen LogP contribution in [0.5, 0.6) is 0 Å². The van der Waals surface area contributed by atoms with Gasteiger partial charge >= 0.3 is 0 Å². The fourth-order valence-corrected chi connectivity index (χ4v) is 8.99. The Morgan fingerprint density at radius 1 is 0.246 bits per heavy atom. The van der Waals surface area contributed by atoms with Crippen molar-refractivity contribution in [3.63, 3.8) is 0 Å². The quantitative estimate of drug-likeness (QED) is 0.158. The highest BCUT2D eigenvalue weighted by Gasteiger charge is 2.37. The van der Waals surface area contributed by atoms with Gasteiger partial charge in [0.1, 0.15) is 0 Å². The molecule has 1 aliphatic carbocycles. The summed E-state index contributed by atoms with van der Waals surface area (Å²) in [7, 11) is 0. The first-order chi connectivity index (χ1) is 28.3. The standard InChI is InChI=1S/C56H37N/c1-5-17-38(18-6-1)40-29-33-45(34-30-40)57(46-35-31-41(32-36-46)39-19-7-2-8-20-39)56-47-26-14-13-25-44(47)37-50-53-51(42-21-9-3-10-22-42)48-27-15-16-28-49(48)52(55(53)54(50)56)43-23-11-4-12-24-43/h1-37H. The number of nitrogens with zero attached hydrogens (tertiary/aromatic N) is 1. The summed E-state index contributed by atoms with van der Waals surface area (Å²) in [5.74, 6) is 0. The Bertz CT molecular complexity index is 2980. The van der Waals surface area contributed by atoms with Crippen molar-refractivity contribution >= 4 is 38.6 Å². The summed E-state index contributed by atoms with van der Waals surface area (Å²) in [6.07, 6.45) is 0. The normalized spacial score (nSPS) is 11.5. The number of hydrogen-bond acceptors (Lipinski definition) is 1. The Balaban J connectivity index is 1.23. The maximum atomic E-state index is 2.50. The van der Waals surface area contributed by atoms with Gasteiger partial charge < -0.3 is 4.90 Å². The average molecular weight is 724 g/mol. The third kappa shape index (κ3) is 5.47. The first kappa shape index (κ1) is 32.9. The Morgan fingerprint density at radius 2 is 0.614 bits per heavy atom. The van der Waals surface area contributed by atoms with Crippen LogP contribution in [0.3, 0.4) is 0 Å². The molecule has 57 heavy (non-hydrogen) atoms. The van der Waals surface area contributed by atoms with Crippen molar-refractivity contribution in [2.45, 2.75) is 0 Å².